The maximum Gasteiger partial charge on any atom is 0.128 e. The number of hydrogen-bond donors (Lipinski definition) is 1. The van der Waals surface area contributed by atoms with Gasteiger partial charge in [0.1, 0.15) is 5.54 Å². The fourth-order valence-electron chi connectivity index (χ4n) is 2.13. The first kappa shape index (κ1) is 12.7. The molecule has 1 heterocycles. The lowest BCUT2D eigenvalue weighted by molar-refractivity contribution is -0.487. The van der Waals surface area contributed by atoms with Crippen LogP contribution in [0.4, 0.5) is 0 Å². The van der Waals surface area contributed by atoms with Crippen LogP contribution in [0.5, 0.6) is 0 Å². The molecule has 1 aromatic rings. The zero-order valence-electron chi connectivity index (χ0n) is 10.3. The molecule has 0 aliphatic rings. The number of rotatable bonds is 5. The molecular weight excluding hydrogens is 196 g/mol. The van der Waals surface area contributed by atoms with Crippen LogP contribution in [0.25, 0.3) is 0 Å². The van der Waals surface area contributed by atoms with Gasteiger partial charge in [-0.1, -0.05) is 24.3 Å². The summed E-state index contributed by atoms with van der Waals surface area (Å²) >= 11 is 0. The lowest BCUT2D eigenvalue weighted by Crippen LogP contribution is -2.70. The largest absolute Gasteiger partial charge is 0.348 e. The van der Waals surface area contributed by atoms with E-state index in [1.807, 2.05) is 38.4 Å². The van der Waals surface area contributed by atoms with Crippen molar-refractivity contribution in [3.63, 3.8) is 0 Å². The van der Waals surface area contributed by atoms with Crippen LogP contribution in [0.3, 0.4) is 0 Å². The average molecular weight is 217 g/mol. The van der Waals surface area contributed by atoms with Crippen LogP contribution in [-0.4, -0.2) is 4.98 Å². The second-order valence-corrected chi connectivity index (χ2v) is 4.78. The van der Waals surface area contributed by atoms with E-state index >= 15 is 0 Å². The van der Waals surface area contributed by atoms with Crippen LogP contribution in [0.15, 0.2) is 48.8 Å². The number of pyridine rings is 1. The molecular formula is C14H21N2+. The molecule has 0 bridgehead atoms. The van der Waals surface area contributed by atoms with Crippen molar-refractivity contribution in [3.8, 4) is 0 Å². The summed E-state index contributed by atoms with van der Waals surface area (Å²) < 4.78 is 0. The van der Waals surface area contributed by atoms with Crippen LogP contribution in [0.1, 0.15) is 32.3 Å². The average Bonchev–Trinajstić information content (AvgIpc) is 2.16. The van der Waals surface area contributed by atoms with E-state index in [0.717, 1.165) is 24.0 Å². The normalized spacial score (nSPS) is 11.2. The third kappa shape index (κ3) is 3.31. The Morgan fingerprint density at radius 3 is 2.00 bits per heavy atom. The highest BCUT2D eigenvalue weighted by atomic mass is 14.7. The molecule has 0 amide bonds. The van der Waals surface area contributed by atoms with Gasteiger partial charge in [0.25, 0.3) is 0 Å². The van der Waals surface area contributed by atoms with Crippen LogP contribution in [0, 0.1) is 0 Å². The van der Waals surface area contributed by atoms with Gasteiger partial charge in [-0.3, -0.25) is 4.98 Å². The van der Waals surface area contributed by atoms with Crippen molar-refractivity contribution in [3.05, 3.63) is 54.4 Å². The number of hydrogen-bond acceptors (Lipinski definition) is 1. The molecule has 86 valence electrons. The molecule has 0 fully saturated rings. The fourth-order valence-corrected chi connectivity index (χ4v) is 2.13. The minimum absolute atomic E-state index is 0.152. The van der Waals surface area contributed by atoms with Crippen LogP contribution >= 0.6 is 0 Å². The predicted molar refractivity (Wildman–Crippen MR) is 67.7 cm³/mol. The van der Waals surface area contributed by atoms with Gasteiger partial charge in [-0.15, -0.1) is 0 Å². The van der Waals surface area contributed by atoms with Gasteiger partial charge in [0.2, 0.25) is 0 Å². The van der Waals surface area contributed by atoms with Crippen molar-refractivity contribution in [2.24, 2.45) is 0 Å². The van der Waals surface area contributed by atoms with Crippen LogP contribution in [-0.2, 0) is 5.54 Å². The van der Waals surface area contributed by atoms with E-state index in [9.17, 15) is 0 Å². The van der Waals surface area contributed by atoms with Crippen molar-refractivity contribution in [1.82, 2.24) is 4.98 Å². The summed E-state index contributed by atoms with van der Waals surface area (Å²) in [5.41, 5.74) is 7.71. The second-order valence-electron chi connectivity index (χ2n) is 4.78. The molecule has 0 saturated heterocycles. The van der Waals surface area contributed by atoms with E-state index in [0.29, 0.717) is 0 Å². The summed E-state index contributed by atoms with van der Waals surface area (Å²) in [6, 6.07) is 4.05. The van der Waals surface area contributed by atoms with E-state index in [4.69, 9.17) is 0 Å². The monoisotopic (exact) mass is 217 g/mol. The van der Waals surface area contributed by atoms with Gasteiger partial charge in [0, 0.05) is 30.8 Å². The number of nitrogens with zero attached hydrogens (tertiary/aromatic N) is 1. The first-order valence-corrected chi connectivity index (χ1v) is 5.49. The lowest BCUT2D eigenvalue weighted by Gasteiger charge is -2.26. The first-order valence-electron chi connectivity index (χ1n) is 5.49. The highest BCUT2D eigenvalue weighted by molar-refractivity contribution is 5.23. The van der Waals surface area contributed by atoms with E-state index in [1.165, 1.54) is 5.56 Å². The number of aromatic nitrogens is 1. The molecule has 0 aliphatic heterocycles. The fraction of sp³-hybridized carbons (Fsp3) is 0.357. The van der Waals surface area contributed by atoms with Crippen molar-refractivity contribution >= 4 is 0 Å². The highest BCUT2D eigenvalue weighted by Gasteiger charge is 2.31. The molecule has 0 spiro atoms. The van der Waals surface area contributed by atoms with Crippen molar-refractivity contribution in [1.29, 1.82) is 0 Å². The van der Waals surface area contributed by atoms with Crippen LogP contribution in [0.2, 0.25) is 0 Å². The highest BCUT2D eigenvalue weighted by Crippen LogP contribution is 2.29. The zero-order valence-corrected chi connectivity index (χ0v) is 10.3. The molecule has 0 atom stereocenters. The Morgan fingerprint density at radius 1 is 1.19 bits per heavy atom. The molecule has 0 aromatic carbocycles. The summed E-state index contributed by atoms with van der Waals surface area (Å²) in [6.07, 6.45) is 5.38. The van der Waals surface area contributed by atoms with Gasteiger partial charge in [0.05, 0.1) is 0 Å². The van der Waals surface area contributed by atoms with E-state index in [-0.39, 0.29) is 5.54 Å². The number of quaternary nitrogens is 1. The van der Waals surface area contributed by atoms with Gasteiger partial charge >= 0.3 is 0 Å². The molecule has 0 radical (unpaired) electrons. The third-order valence-corrected chi connectivity index (χ3v) is 2.57. The Labute approximate surface area is 97.9 Å². The van der Waals surface area contributed by atoms with E-state index in [2.05, 4.69) is 23.9 Å². The molecule has 0 unspecified atom stereocenters. The minimum Gasteiger partial charge on any atom is -0.348 e. The minimum atomic E-state index is -0.152. The summed E-state index contributed by atoms with van der Waals surface area (Å²) in [5.74, 6) is 0. The van der Waals surface area contributed by atoms with Gasteiger partial charge in [0.15, 0.2) is 0 Å². The predicted octanol–water partition coefficient (Wildman–Crippen LogP) is 2.45. The smallest absolute Gasteiger partial charge is 0.128 e. The lowest BCUT2D eigenvalue weighted by atomic mass is 9.81. The molecule has 16 heavy (non-hydrogen) atoms. The molecule has 0 saturated carbocycles. The molecule has 0 aliphatic carbocycles. The Kier molecular flexibility index (Phi) is 4.02. The molecule has 2 heteroatoms. The van der Waals surface area contributed by atoms with Crippen molar-refractivity contribution in [2.75, 3.05) is 0 Å². The third-order valence-electron chi connectivity index (χ3n) is 2.57. The van der Waals surface area contributed by atoms with Gasteiger partial charge in [-0.2, -0.15) is 0 Å². The second kappa shape index (κ2) is 5.08. The van der Waals surface area contributed by atoms with Gasteiger partial charge in [-0.25, -0.2) is 0 Å². The van der Waals surface area contributed by atoms with Crippen molar-refractivity contribution in [2.45, 2.75) is 32.2 Å². The Morgan fingerprint density at radius 2 is 1.62 bits per heavy atom. The maximum atomic E-state index is 4.37. The Balaban J connectivity index is 3.04. The van der Waals surface area contributed by atoms with E-state index in [1.54, 1.807) is 0 Å². The van der Waals surface area contributed by atoms with Crippen molar-refractivity contribution < 1.29 is 5.73 Å². The molecule has 2 nitrogen and oxygen atoms in total. The van der Waals surface area contributed by atoms with Gasteiger partial charge in [-0.05, 0) is 26.0 Å². The Bertz CT molecular complexity index is 363. The maximum absolute atomic E-state index is 4.37. The topological polar surface area (TPSA) is 40.5 Å². The summed E-state index contributed by atoms with van der Waals surface area (Å²) in [5, 5.41) is 0. The van der Waals surface area contributed by atoms with Gasteiger partial charge < -0.3 is 5.73 Å². The molecule has 1 aromatic heterocycles. The first-order chi connectivity index (χ1) is 7.44. The Hall–Kier alpha value is -1.41. The summed E-state index contributed by atoms with van der Waals surface area (Å²) in [6.45, 7) is 12.1. The van der Waals surface area contributed by atoms with Crippen LogP contribution < -0.4 is 5.73 Å². The quantitative estimate of drug-likeness (QED) is 0.756. The van der Waals surface area contributed by atoms with E-state index < -0.39 is 0 Å². The summed E-state index contributed by atoms with van der Waals surface area (Å²) in [7, 11) is 0. The zero-order chi connectivity index (χ0) is 12.2. The SMILES string of the molecule is C=C(C)CC([NH3+])(CC(=C)C)c1ccncc1. The molecule has 3 N–H and O–H groups in total. The summed E-state index contributed by atoms with van der Waals surface area (Å²) in [4.78, 5) is 4.04. The molecule has 1 rings (SSSR count). The standard InChI is InChI=1S/C14H20N2/c1-11(2)9-14(15,10-12(3)4)13-5-7-16-8-6-13/h5-8H,1,3,9-10,15H2,2,4H3/p+1.